The van der Waals surface area contributed by atoms with Crippen molar-refractivity contribution in [3.05, 3.63) is 125 Å². The quantitative estimate of drug-likeness (QED) is 0.134. The second-order valence-electron chi connectivity index (χ2n) is 9.30. The van der Waals surface area contributed by atoms with Crippen molar-refractivity contribution in [2.45, 2.75) is 40.5 Å². The Morgan fingerprint density at radius 2 is 0.974 bits per heavy atom. The molecular formula is C33H32O6. The first-order valence-corrected chi connectivity index (χ1v) is 12.3. The first kappa shape index (κ1) is 28.9. The van der Waals surface area contributed by atoms with Crippen LogP contribution in [0.15, 0.2) is 80.4 Å². The number of hydrogen-bond acceptors (Lipinski definition) is 6. The van der Waals surface area contributed by atoms with E-state index >= 15 is 0 Å². The number of esters is 3. The molecule has 0 saturated carbocycles. The summed E-state index contributed by atoms with van der Waals surface area (Å²) in [5.41, 5.74) is 6.73. The molecule has 0 amide bonds. The van der Waals surface area contributed by atoms with Gasteiger partial charge in [0.1, 0.15) is 17.2 Å². The smallest absolute Gasteiger partial charge is 0.335 e. The Kier molecular flexibility index (Phi) is 9.04. The van der Waals surface area contributed by atoms with E-state index in [2.05, 4.69) is 19.7 Å². The van der Waals surface area contributed by atoms with Crippen LogP contribution in [0, 0.1) is 34.6 Å². The Morgan fingerprint density at radius 3 is 1.38 bits per heavy atom. The molecule has 0 fully saturated rings. The predicted molar refractivity (Wildman–Crippen MR) is 151 cm³/mol. The maximum Gasteiger partial charge on any atom is 0.335 e. The lowest BCUT2D eigenvalue weighted by molar-refractivity contribution is -0.129. The zero-order valence-corrected chi connectivity index (χ0v) is 22.9. The molecular weight excluding hydrogens is 492 g/mol. The van der Waals surface area contributed by atoms with Crippen LogP contribution in [0.2, 0.25) is 0 Å². The highest BCUT2D eigenvalue weighted by atomic mass is 16.5. The van der Waals surface area contributed by atoms with Gasteiger partial charge in [-0.1, -0.05) is 44.0 Å². The average molecular weight is 525 g/mol. The van der Waals surface area contributed by atoms with Crippen LogP contribution in [-0.2, 0) is 14.4 Å². The maximum atomic E-state index is 12.3. The minimum absolute atomic E-state index is 0.385. The van der Waals surface area contributed by atoms with Gasteiger partial charge in [0.15, 0.2) is 0 Å². The third-order valence-corrected chi connectivity index (χ3v) is 6.36. The lowest BCUT2D eigenvalue weighted by Gasteiger charge is -2.26. The minimum atomic E-state index is -0.570. The summed E-state index contributed by atoms with van der Waals surface area (Å²) in [4.78, 5) is 36.1. The second kappa shape index (κ2) is 12.2. The van der Waals surface area contributed by atoms with Gasteiger partial charge in [-0.2, -0.15) is 0 Å². The standard InChI is InChI=1S/C33H32O6/c1-9-30(34)37-27-17-20(5)25(15-22(27)7)33(24-13-12-19(4)14-29(24)39-32(36)11-3)26-16-23(8)28(18-21(26)6)38-31(35)10-2/h9-18,33H,1-3H2,4-8H3. The summed E-state index contributed by atoms with van der Waals surface area (Å²) in [6.45, 7) is 20.0. The molecule has 0 unspecified atom stereocenters. The van der Waals surface area contributed by atoms with Gasteiger partial charge >= 0.3 is 17.9 Å². The van der Waals surface area contributed by atoms with Gasteiger partial charge in [-0.05, 0) is 91.8 Å². The van der Waals surface area contributed by atoms with Gasteiger partial charge in [0.2, 0.25) is 0 Å². The molecule has 0 atom stereocenters. The van der Waals surface area contributed by atoms with Gasteiger partial charge in [0.25, 0.3) is 0 Å². The van der Waals surface area contributed by atoms with E-state index in [4.69, 9.17) is 14.2 Å². The molecule has 0 spiro atoms. The Balaban J connectivity index is 2.32. The molecule has 3 aromatic rings. The molecule has 200 valence electrons. The van der Waals surface area contributed by atoms with Crippen molar-refractivity contribution < 1.29 is 28.6 Å². The molecule has 0 saturated heterocycles. The van der Waals surface area contributed by atoms with Gasteiger partial charge < -0.3 is 14.2 Å². The Labute approximate surface area is 229 Å². The van der Waals surface area contributed by atoms with Gasteiger partial charge in [-0.15, -0.1) is 0 Å². The zero-order chi connectivity index (χ0) is 28.9. The van der Waals surface area contributed by atoms with E-state index in [0.717, 1.165) is 62.7 Å². The number of carbonyl (C=O) groups is 3. The van der Waals surface area contributed by atoms with Crippen LogP contribution >= 0.6 is 0 Å². The summed E-state index contributed by atoms with van der Waals surface area (Å²) in [7, 11) is 0. The number of hydrogen-bond donors (Lipinski definition) is 0. The fourth-order valence-electron chi connectivity index (χ4n) is 4.39. The van der Waals surface area contributed by atoms with Gasteiger partial charge in [0, 0.05) is 29.7 Å². The first-order chi connectivity index (χ1) is 18.5. The second-order valence-corrected chi connectivity index (χ2v) is 9.30. The Morgan fingerprint density at radius 1 is 0.564 bits per heavy atom. The Bertz CT molecular complexity index is 1420. The highest BCUT2D eigenvalue weighted by molar-refractivity contribution is 5.85. The van der Waals surface area contributed by atoms with E-state index in [-0.39, 0.29) is 5.92 Å². The van der Waals surface area contributed by atoms with Crippen LogP contribution in [0.1, 0.15) is 50.4 Å². The highest BCUT2D eigenvalue weighted by Crippen LogP contribution is 2.43. The summed E-state index contributed by atoms with van der Waals surface area (Å²) in [6.07, 6.45) is 3.35. The third kappa shape index (κ3) is 6.60. The maximum absolute atomic E-state index is 12.3. The molecule has 3 aromatic carbocycles. The predicted octanol–water partition coefficient (Wildman–Crippen LogP) is 6.68. The monoisotopic (exact) mass is 524 g/mol. The molecule has 0 aliphatic carbocycles. The molecule has 0 aliphatic heterocycles. The van der Waals surface area contributed by atoms with Crippen LogP contribution < -0.4 is 14.2 Å². The molecule has 0 radical (unpaired) electrons. The molecule has 0 aromatic heterocycles. The molecule has 6 nitrogen and oxygen atoms in total. The van der Waals surface area contributed by atoms with Crippen molar-refractivity contribution in [3.8, 4) is 17.2 Å². The van der Waals surface area contributed by atoms with E-state index in [1.165, 1.54) is 0 Å². The summed E-state index contributed by atoms with van der Waals surface area (Å²) < 4.78 is 16.6. The SMILES string of the molecule is C=CC(=O)Oc1cc(C)c(C(c2cc(C)c(OC(=O)C=C)cc2C)c2ccc(C)cc2OC(=O)C=C)cc1C. The number of ether oxygens (including phenoxy) is 3. The molecule has 39 heavy (non-hydrogen) atoms. The van der Waals surface area contributed by atoms with Crippen molar-refractivity contribution >= 4 is 17.9 Å². The topological polar surface area (TPSA) is 78.9 Å². The third-order valence-electron chi connectivity index (χ3n) is 6.36. The molecule has 0 aliphatic rings. The summed E-state index contributed by atoms with van der Waals surface area (Å²) in [6, 6.07) is 13.3. The lowest BCUT2D eigenvalue weighted by Crippen LogP contribution is -2.14. The van der Waals surface area contributed by atoms with Crippen LogP contribution in [0.5, 0.6) is 17.2 Å². The van der Waals surface area contributed by atoms with Crippen molar-refractivity contribution in [2.24, 2.45) is 0 Å². The van der Waals surface area contributed by atoms with E-state index in [9.17, 15) is 14.4 Å². The molecule has 6 heteroatoms. The van der Waals surface area contributed by atoms with E-state index < -0.39 is 17.9 Å². The van der Waals surface area contributed by atoms with E-state index in [1.807, 2.05) is 77.1 Å². The van der Waals surface area contributed by atoms with Crippen molar-refractivity contribution in [2.75, 3.05) is 0 Å². The Hall–Kier alpha value is -4.71. The van der Waals surface area contributed by atoms with Crippen LogP contribution in [0.3, 0.4) is 0 Å². The fourth-order valence-corrected chi connectivity index (χ4v) is 4.39. The first-order valence-electron chi connectivity index (χ1n) is 12.3. The largest absolute Gasteiger partial charge is 0.423 e. The van der Waals surface area contributed by atoms with Crippen molar-refractivity contribution in [1.29, 1.82) is 0 Å². The van der Waals surface area contributed by atoms with Crippen LogP contribution in [-0.4, -0.2) is 17.9 Å². The summed E-state index contributed by atoms with van der Waals surface area (Å²) >= 11 is 0. The van der Waals surface area contributed by atoms with E-state index in [1.54, 1.807) is 0 Å². The molecule has 0 N–H and O–H groups in total. The van der Waals surface area contributed by atoms with Crippen molar-refractivity contribution in [3.63, 3.8) is 0 Å². The fraction of sp³-hybridized carbons (Fsp3) is 0.182. The van der Waals surface area contributed by atoms with Crippen LogP contribution in [0.25, 0.3) is 0 Å². The van der Waals surface area contributed by atoms with Crippen molar-refractivity contribution in [1.82, 2.24) is 0 Å². The number of benzene rings is 3. The molecule has 3 rings (SSSR count). The van der Waals surface area contributed by atoms with Gasteiger partial charge in [-0.3, -0.25) is 0 Å². The zero-order valence-electron chi connectivity index (χ0n) is 22.9. The number of carbonyl (C=O) groups excluding carboxylic acids is 3. The number of aryl methyl sites for hydroxylation is 5. The van der Waals surface area contributed by atoms with Gasteiger partial charge in [0.05, 0.1) is 0 Å². The molecule has 0 heterocycles. The molecule has 0 bridgehead atoms. The van der Waals surface area contributed by atoms with Gasteiger partial charge in [-0.25, -0.2) is 14.4 Å². The highest BCUT2D eigenvalue weighted by Gasteiger charge is 2.27. The van der Waals surface area contributed by atoms with Crippen LogP contribution in [0.4, 0.5) is 0 Å². The lowest BCUT2D eigenvalue weighted by atomic mass is 9.79. The normalized spacial score (nSPS) is 10.5. The van der Waals surface area contributed by atoms with E-state index in [0.29, 0.717) is 17.2 Å². The summed E-state index contributed by atoms with van der Waals surface area (Å²) in [5.74, 6) is -0.777. The summed E-state index contributed by atoms with van der Waals surface area (Å²) in [5, 5.41) is 0. The average Bonchev–Trinajstić information content (AvgIpc) is 2.90. The minimum Gasteiger partial charge on any atom is -0.423 e. The number of rotatable bonds is 9.